The van der Waals surface area contributed by atoms with Gasteiger partial charge < -0.3 is 20.9 Å². The number of benzene rings is 1. The Morgan fingerprint density at radius 1 is 1.19 bits per heavy atom. The van der Waals surface area contributed by atoms with E-state index in [-0.39, 0.29) is 11.8 Å². The zero-order valence-electron chi connectivity index (χ0n) is 15.4. The molecule has 2 heterocycles. The number of anilines is 1. The Morgan fingerprint density at radius 2 is 2.04 bits per heavy atom. The highest BCUT2D eigenvalue weighted by Crippen LogP contribution is 2.35. The fraction of sp³-hybridized carbons (Fsp3) is 0.250. The molecular weight excluding hydrogens is 342 g/mol. The molecule has 3 aromatic rings. The topological polar surface area (TPSA) is 106 Å². The molecule has 1 atom stereocenters. The summed E-state index contributed by atoms with van der Waals surface area (Å²) in [5.41, 5.74) is 8.14. The number of phenolic OH excluding ortho intramolecular Hbond substituents is 1. The second-order valence-corrected chi connectivity index (χ2v) is 6.12. The molecule has 3 rings (SSSR count). The summed E-state index contributed by atoms with van der Waals surface area (Å²) in [6.45, 7) is 2.65. The molecule has 0 saturated heterocycles. The summed E-state index contributed by atoms with van der Waals surface area (Å²) in [6.07, 6.45) is 5.92. The summed E-state index contributed by atoms with van der Waals surface area (Å²) in [5.74, 6) is 1.88. The van der Waals surface area contributed by atoms with Gasteiger partial charge in [0, 0.05) is 36.7 Å². The zero-order valence-corrected chi connectivity index (χ0v) is 15.4. The van der Waals surface area contributed by atoms with E-state index >= 15 is 0 Å². The highest BCUT2D eigenvalue weighted by Gasteiger charge is 2.13. The maximum atomic E-state index is 10.3. The monoisotopic (exact) mass is 365 g/mol. The van der Waals surface area contributed by atoms with E-state index < -0.39 is 0 Å². The van der Waals surface area contributed by atoms with Crippen LogP contribution in [0.3, 0.4) is 0 Å². The number of hydrogen-bond acceptors (Lipinski definition) is 7. The van der Waals surface area contributed by atoms with E-state index in [0.29, 0.717) is 29.5 Å². The first-order valence-electron chi connectivity index (χ1n) is 8.76. The van der Waals surface area contributed by atoms with Crippen LogP contribution in [0.4, 0.5) is 5.82 Å². The van der Waals surface area contributed by atoms with Gasteiger partial charge in [-0.25, -0.2) is 9.97 Å². The summed E-state index contributed by atoms with van der Waals surface area (Å²) in [4.78, 5) is 13.0. The van der Waals surface area contributed by atoms with Crippen LogP contribution in [-0.2, 0) is 0 Å². The molecule has 0 radical (unpaired) electrons. The lowest BCUT2D eigenvalue weighted by molar-refractivity contribution is 0.416. The second-order valence-electron chi connectivity index (χ2n) is 6.12. The highest BCUT2D eigenvalue weighted by atomic mass is 16.5. The maximum absolute atomic E-state index is 10.3. The molecule has 0 amide bonds. The van der Waals surface area contributed by atoms with Crippen molar-refractivity contribution in [2.75, 3.05) is 19.0 Å². The van der Waals surface area contributed by atoms with Crippen LogP contribution in [-0.4, -0.2) is 39.8 Å². The van der Waals surface area contributed by atoms with Gasteiger partial charge in [0.15, 0.2) is 5.82 Å². The fourth-order valence-corrected chi connectivity index (χ4v) is 2.63. The van der Waals surface area contributed by atoms with E-state index in [9.17, 15) is 5.11 Å². The molecule has 7 nitrogen and oxygen atoms in total. The molecule has 0 bridgehead atoms. The number of rotatable bonds is 7. The SMILES string of the molecule is CC[C@@H](N)CNc1ccnc(-c2cc(-c3cnccc3OC)ccc2O)n1. The quantitative estimate of drug-likeness (QED) is 0.591. The van der Waals surface area contributed by atoms with Crippen LogP contribution in [0.5, 0.6) is 11.5 Å². The van der Waals surface area contributed by atoms with E-state index in [0.717, 1.165) is 17.5 Å². The average Bonchev–Trinajstić information content (AvgIpc) is 2.72. The number of nitrogens with zero attached hydrogens (tertiary/aromatic N) is 3. The lowest BCUT2D eigenvalue weighted by atomic mass is 10.0. The van der Waals surface area contributed by atoms with E-state index in [2.05, 4.69) is 20.3 Å². The van der Waals surface area contributed by atoms with Crippen molar-refractivity contribution in [3.63, 3.8) is 0 Å². The molecule has 0 aliphatic carbocycles. The van der Waals surface area contributed by atoms with Gasteiger partial charge in [-0.1, -0.05) is 13.0 Å². The third-order valence-electron chi connectivity index (χ3n) is 4.27. The van der Waals surface area contributed by atoms with Crippen LogP contribution in [0, 0.1) is 0 Å². The van der Waals surface area contributed by atoms with Gasteiger partial charge >= 0.3 is 0 Å². The first kappa shape index (κ1) is 18.6. The number of phenols is 1. The molecule has 4 N–H and O–H groups in total. The van der Waals surface area contributed by atoms with Gasteiger partial charge in [-0.3, -0.25) is 4.98 Å². The molecule has 7 heteroatoms. The molecule has 140 valence electrons. The Labute approximate surface area is 158 Å². The van der Waals surface area contributed by atoms with E-state index in [1.54, 1.807) is 50.0 Å². The molecular formula is C20H23N5O2. The van der Waals surface area contributed by atoms with Crippen LogP contribution in [0.25, 0.3) is 22.5 Å². The van der Waals surface area contributed by atoms with Crippen molar-refractivity contribution in [1.29, 1.82) is 0 Å². The number of methoxy groups -OCH3 is 1. The Bertz CT molecular complexity index is 916. The molecule has 2 aromatic heterocycles. The molecule has 27 heavy (non-hydrogen) atoms. The first-order chi connectivity index (χ1) is 13.1. The number of nitrogens with two attached hydrogens (primary N) is 1. The first-order valence-corrected chi connectivity index (χ1v) is 8.76. The third-order valence-corrected chi connectivity index (χ3v) is 4.27. The van der Waals surface area contributed by atoms with Gasteiger partial charge in [0.05, 0.1) is 12.7 Å². The zero-order chi connectivity index (χ0) is 19.2. The van der Waals surface area contributed by atoms with Crippen molar-refractivity contribution in [2.24, 2.45) is 5.73 Å². The van der Waals surface area contributed by atoms with Crippen molar-refractivity contribution in [2.45, 2.75) is 19.4 Å². The number of ether oxygens (including phenoxy) is 1. The number of aromatic hydroxyl groups is 1. The third kappa shape index (κ3) is 4.32. The smallest absolute Gasteiger partial charge is 0.165 e. The van der Waals surface area contributed by atoms with Gasteiger partial charge in [-0.05, 0) is 36.2 Å². The number of hydrogen-bond donors (Lipinski definition) is 3. The second kappa shape index (κ2) is 8.46. The molecule has 1 aromatic carbocycles. The normalized spacial score (nSPS) is 11.8. The minimum absolute atomic E-state index is 0.0539. The Kier molecular flexibility index (Phi) is 5.83. The van der Waals surface area contributed by atoms with Gasteiger partial charge in [-0.15, -0.1) is 0 Å². The van der Waals surface area contributed by atoms with Crippen LogP contribution in [0.15, 0.2) is 48.9 Å². The summed E-state index contributed by atoms with van der Waals surface area (Å²) in [6, 6.07) is 8.87. The van der Waals surface area contributed by atoms with E-state index in [4.69, 9.17) is 10.5 Å². The van der Waals surface area contributed by atoms with Crippen molar-refractivity contribution in [3.05, 3.63) is 48.9 Å². The van der Waals surface area contributed by atoms with Crippen molar-refractivity contribution in [1.82, 2.24) is 15.0 Å². The average molecular weight is 365 g/mol. The molecule has 0 spiro atoms. The standard InChI is InChI=1S/C20H23N5O2/c1-3-14(21)11-24-19-7-9-23-20(25-19)15-10-13(4-5-17(15)26)16-12-22-8-6-18(16)27-2/h4-10,12,14,26H,3,11,21H2,1-2H3,(H,23,24,25)/t14-/m1/s1. The summed E-state index contributed by atoms with van der Waals surface area (Å²) >= 11 is 0. The van der Waals surface area contributed by atoms with Gasteiger partial charge in [0.2, 0.25) is 0 Å². The Hall–Kier alpha value is -3.19. The molecule has 0 aliphatic heterocycles. The molecule has 0 unspecified atom stereocenters. The number of aromatic nitrogens is 3. The Morgan fingerprint density at radius 3 is 2.81 bits per heavy atom. The van der Waals surface area contributed by atoms with Crippen LogP contribution < -0.4 is 15.8 Å². The summed E-state index contributed by atoms with van der Waals surface area (Å²) in [5, 5.41) is 13.5. The van der Waals surface area contributed by atoms with Crippen LogP contribution >= 0.6 is 0 Å². The summed E-state index contributed by atoms with van der Waals surface area (Å²) in [7, 11) is 1.61. The van der Waals surface area contributed by atoms with E-state index in [1.807, 2.05) is 13.0 Å². The van der Waals surface area contributed by atoms with Crippen molar-refractivity contribution >= 4 is 5.82 Å². The lowest BCUT2D eigenvalue weighted by Gasteiger charge is -2.12. The largest absolute Gasteiger partial charge is 0.507 e. The highest BCUT2D eigenvalue weighted by molar-refractivity contribution is 5.77. The predicted octanol–water partition coefficient (Wildman–Crippen LogP) is 3.07. The number of nitrogens with one attached hydrogen (secondary N) is 1. The van der Waals surface area contributed by atoms with E-state index in [1.165, 1.54) is 0 Å². The van der Waals surface area contributed by atoms with Gasteiger partial charge in [0.25, 0.3) is 0 Å². The van der Waals surface area contributed by atoms with Crippen LogP contribution in [0.2, 0.25) is 0 Å². The maximum Gasteiger partial charge on any atom is 0.165 e. The van der Waals surface area contributed by atoms with Crippen molar-refractivity contribution in [3.8, 4) is 34.0 Å². The Balaban J connectivity index is 1.95. The van der Waals surface area contributed by atoms with Gasteiger partial charge in [-0.2, -0.15) is 0 Å². The number of pyridine rings is 1. The minimum atomic E-state index is 0.0539. The molecule has 0 aliphatic rings. The minimum Gasteiger partial charge on any atom is -0.507 e. The van der Waals surface area contributed by atoms with Gasteiger partial charge in [0.1, 0.15) is 17.3 Å². The predicted molar refractivity (Wildman–Crippen MR) is 106 cm³/mol. The molecule has 0 saturated carbocycles. The summed E-state index contributed by atoms with van der Waals surface area (Å²) < 4.78 is 5.40. The molecule has 0 fully saturated rings. The van der Waals surface area contributed by atoms with Crippen molar-refractivity contribution < 1.29 is 9.84 Å². The lowest BCUT2D eigenvalue weighted by Crippen LogP contribution is -2.28. The fourth-order valence-electron chi connectivity index (χ4n) is 2.63. The van der Waals surface area contributed by atoms with Crippen LogP contribution in [0.1, 0.15) is 13.3 Å².